The van der Waals surface area contributed by atoms with Gasteiger partial charge in [-0.3, -0.25) is 4.79 Å². The number of thiazole rings is 1. The van der Waals surface area contributed by atoms with E-state index in [-0.39, 0.29) is 5.91 Å². The van der Waals surface area contributed by atoms with E-state index in [1.807, 2.05) is 0 Å². The number of amides is 1. The maximum Gasteiger partial charge on any atom is 0.271 e. The first-order valence-corrected chi connectivity index (χ1v) is 7.49. The number of aromatic nitrogens is 3. The van der Waals surface area contributed by atoms with E-state index >= 15 is 0 Å². The summed E-state index contributed by atoms with van der Waals surface area (Å²) in [6.07, 6.45) is 7.82. The lowest BCUT2D eigenvalue weighted by molar-refractivity contribution is 0.0933. The first kappa shape index (κ1) is 13.0. The predicted molar refractivity (Wildman–Crippen MR) is 77.2 cm³/mol. The Morgan fingerprint density at radius 3 is 2.75 bits per heavy atom. The van der Waals surface area contributed by atoms with E-state index in [2.05, 4.69) is 25.6 Å². The largest absolute Gasteiger partial charge is 0.348 e. The Bertz CT molecular complexity index is 579. The summed E-state index contributed by atoms with van der Waals surface area (Å²) in [6, 6.07) is 2.05. The summed E-state index contributed by atoms with van der Waals surface area (Å²) in [5.41, 5.74) is 0.445. The van der Waals surface area contributed by atoms with Gasteiger partial charge in [0.15, 0.2) is 5.13 Å². The van der Waals surface area contributed by atoms with Crippen LogP contribution in [0.3, 0.4) is 0 Å². The van der Waals surface area contributed by atoms with E-state index in [0.29, 0.717) is 22.8 Å². The van der Waals surface area contributed by atoms with Gasteiger partial charge in [-0.1, -0.05) is 12.8 Å². The number of carbonyl (C=O) groups excluding carboxylic acids is 1. The second-order valence-electron chi connectivity index (χ2n) is 4.69. The number of carbonyl (C=O) groups is 1. The van der Waals surface area contributed by atoms with Gasteiger partial charge >= 0.3 is 0 Å². The van der Waals surface area contributed by atoms with Crippen LogP contribution in [0.5, 0.6) is 0 Å². The Morgan fingerprint density at radius 2 is 2.00 bits per heavy atom. The molecule has 1 fully saturated rings. The van der Waals surface area contributed by atoms with Crippen LogP contribution >= 0.6 is 11.3 Å². The first-order valence-electron chi connectivity index (χ1n) is 6.62. The van der Waals surface area contributed by atoms with Crippen molar-refractivity contribution in [1.82, 2.24) is 20.3 Å². The summed E-state index contributed by atoms with van der Waals surface area (Å²) >= 11 is 1.37. The summed E-state index contributed by atoms with van der Waals surface area (Å²) in [4.78, 5) is 24.4. The maximum absolute atomic E-state index is 12.0. The molecule has 0 saturated heterocycles. The quantitative estimate of drug-likeness (QED) is 0.903. The van der Waals surface area contributed by atoms with E-state index in [0.717, 1.165) is 12.8 Å². The van der Waals surface area contributed by atoms with Crippen LogP contribution in [0.2, 0.25) is 0 Å². The van der Waals surface area contributed by atoms with Gasteiger partial charge in [-0.05, 0) is 18.9 Å². The van der Waals surface area contributed by atoms with Crippen LogP contribution in [0, 0.1) is 0 Å². The molecule has 0 aromatic carbocycles. The molecule has 0 bridgehead atoms. The molecule has 2 aromatic heterocycles. The van der Waals surface area contributed by atoms with Crippen LogP contribution in [0.15, 0.2) is 23.8 Å². The van der Waals surface area contributed by atoms with Crippen LogP contribution in [0.25, 0.3) is 0 Å². The van der Waals surface area contributed by atoms with Gasteiger partial charge in [-0.25, -0.2) is 15.0 Å². The minimum absolute atomic E-state index is 0.102. The van der Waals surface area contributed by atoms with Gasteiger partial charge in [0, 0.05) is 23.8 Å². The molecular formula is C13H15N5OS. The van der Waals surface area contributed by atoms with Gasteiger partial charge in [-0.2, -0.15) is 0 Å². The molecular weight excluding hydrogens is 274 g/mol. The number of hydrogen-bond acceptors (Lipinski definition) is 6. The Labute approximate surface area is 120 Å². The zero-order valence-corrected chi connectivity index (χ0v) is 11.7. The highest BCUT2D eigenvalue weighted by Crippen LogP contribution is 2.20. The monoisotopic (exact) mass is 289 g/mol. The smallest absolute Gasteiger partial charge is 0.271 e. The van der Waals surface area contributed by atoms with Crippen LogP contribution in [-0.2, 0) is 0 Å². The number of rotatable bonds is 4. The molecule has 0 unspecified atom stereocenters. The molecule has 2 aromatic rings. The van der Waals surface area contributed by atoms with Gasteiger partial charge in [0.1, 0.15) is 5.69 Å². The lowest BCUT2D eigenvalue weighted by Crippen LogP contribution is -2.32. The van der Waals surface area contributed by atoms with Crippen LogP contribution in [0.1, 0.15) is 36.2 Å². The third-order valence-electron chi connectivity index (χ3n) is 3.21. The van der Waals surface area contributed by atoms with Crippen LogP contribution in [-0.4, -0.2) is 26.9 Å². The molecule has 104 valence electrons. The van der Waals surface area contributed by atoms with Crippen molar-refractivity contribution in [1.29, 1.82) is 0 Å². The average Bonchev–Trinajstić information content (AvgIpc) is 3.11. The van der Waals surface area contributed by atoms with Gasteiger partial charge in [0.25, 0.3) is 5.91 Å². The number of hydrogen-bond donors (Lipinski definition) is 2. The van der Waals surface area contributed by atoms with Gasteiger partial charge in [0.05, 0.1) is 0 Å². The molecule has 1 saturated carbocycles. The lowest BCUT2D eigenvalue weighted by Gasteiger charge is -2.09. The fourth-order valence-electron chi connectivity index (χ4n) is 2.22. The van der Waals surface area contributed by atoms with Crippen molar-refractivity contribution in [3.05, 3.63) is 29.5 Å². The molecule has 20 heavy (non-hydrogen) atoms. The van der Waals surface area contributed by atoms with Crippen molar-refractivity contribution in [3.8, 4) is 0 Å². The molecule has 7 heteroatoms. The fourth-order valence-corrected chi connectivity index (χ4v) is 2.91. The molecule has 6 nitrogen and oxygen atoms in total. The SMILES string of the molecule is O=C(NC1CCCC1)c1csc(Nc2ncccn2)n1. The zero-order valence-electron chi connectivity index (χ0n) is 10.9. The Kier molecular flexibility index (Phi) is 3.87. The van der Waals surface area contributed by atoms with Crippen LogP contribution < -0.4 is 10.6 Å². The van der Waals surface area contributed by atoms with E-state index in [9.17, 15) is 4.79 Å². The Morgan fingerprint density at radius 1 is 1.25 bits per heavy atom. The predicted octanol–water partition coefficient (Wildman–Crippen LogP) is 2.35. The molecule has 1 amide bonds. The van der Waals surface area contributed by atoms with Gasteiger partial charge in [0.2, 0.25) is 5.95 Å². The van der Waals surface area contributed by atoms with Crippen LogP contribution in [0.4, 0.5) is 11.1 Å². The van der Waals surface area contributed by atoms with E-state index in [1.165, 1.54) is 24.2 Å². The standard InChI is InChI=1S/C13H15N5OS/c19-11(16-9-4-1-2-5-9)10-8-20-13(17-10)18-12-14-6-3-7-15-12/h3,6-9H,1-2,4-5H2,(H,16,19)(H,14,15,17,18). The van der Waals surface area contributed by atoms with Gasteiger partial charge < -0.3 is 10.6 Å². The van der Waals surface area contributed by atoms with Crippen molar-refractivity contribution in [2.75, 3.05) is 5.32 Å². The molecule has 1 aliphatic rings. The summed E-state index contributed by atoms with van der Waals surface area (Å²) in [7, 11) is 0. The summed E-state index contributed by atoms with van der Waals surface area (Å²) in [5, 5.41) is 8.36. The number of anilines is 2. The van der Waals surface area contributed by atoms with Gasteiger partial charge in [-0.15, -0.1) is 11.3 Å². The normalized spacial score (nSPS) is 15.2. The Hall–Kier alpha value is -2.02. The third kappa shape index (κ3) is 3.11. The average molecular weight is 289 g/mol. The highest BCUT2D eigenvalue weighted by Gasteiger charge is 2.19. The minimum atomic E-state index is -0.102. The highest BCUT2D eigenvalue weighted by atomic mass is 32.1. The zero-order chi connectivity index (χ0) is 13.8. The molecule has 1 aliphatic carbocycles. The molecule has 0 aliphatic heterocycles. The third-order valence-corrected chi connectivity index (χ3v) is 3.97. The summed E-state index contributed by atoms with van der Waals surface area (Å²) < 4.78 is 0. The topological polar surface area (TPSA) is 79.8 Å². The van der Waals surface area contributed by atoms with E-state index < -0.39 is 0 Å². The van der Waals surface area contributed by atoms with Crippen molar-refractivity contribution >= 4 is 28.3 Å². The van der Waals surface area contributed by atoms with Crippen molar-refractivity contribution in [3.63, 3.8) is 0 Å². The molecule has 0 spiro atoms. The van der Waals surface area contributed by atoms with Crippen molar-refractivity contribution in [2.45, 2.75) is 31.7 Å². The minimum Gasteiger partial charge on any atom is -0.348 e. The second-order valence-corrected chi connectivity index (χ2v) is 5.55. The lowest BCUT2D eigenvalue weighted by atomic mass is 10.2. The summed E-state index contributed by atoms with van der Waals surface area (Å²) in [6.45, 7) is 0. The Balaban J connectivity index is 1.62. The van der Waals surface area contributed by atoms with E-state index in [4.69, 9.17) is 0 Å². The number of nitrogens with one attached hydrogen (secondary N) is 2. The van der Waals surface area contributed by atoms with Crippen molar-refractivity contribution < 1.29 is 4.79 Å². The highest BCUT2D eigenvalue weighted by molar-refractivity contribution is 7.14. The molecule has 0 atom stereocenters. The summed E-state index contributed by atoms with van der Waals surface area (Å²) in [5.74, 6) is 0.375. The molecule has 2 heterocycles. The molecule has 0 radical (unpaired) electrons. The number of nitrogens with zero attached hydrogens (tertiary/aromatic N) is 3. The maximum atomic E-state index is 12.0. The molecule has 3 rings (SSSR count). The first-order chi connectivity index (χ1) is 9.81. The van der Waals surface area contributed by atoms with E-state index in [1.54, 1.807) is 23.8 Å². The second kappa shape index (κ2) is 5.96. The molecule has 2 N–H and O–H groups in total. The fraction of sp³-hybridized carbons (Fsp3) is 0.385. The van der Waals surface area contributed by atoms with Crippen molar-refractivity contribution in [2.24, 2.45) is 0 Å².